The van der Waals surface area contributed by atoms with Crippen LogP contribution >= 0.6 is 11.6 Å². The number of carbonyl (C=O) groups is 1. The van der Waals surface area contributed by atoms with E-state index in [1.54, 1.807) is 36.5 Å². The number of aliphatic hydroxyl groups excluding tert-OH is 3. The van der Waals surface area contributed by atoms with Gasteiger partial charge >= 0.3 is 0 Å². The Hall–Kier alpha value is -4.31. The summed E-state index contributed by atoms with van der Waals surface area (Å²) in [6, 6.07) is 31.7. The van der Waals surface area contributed by atoms with Crippen molar-refractivity contribution < 1.29 is 24.9 Å². The first-order valence-corrected chi connectivity index (χ1v) is 15.2. The van der Waals surface area contributed by atoms with Gasteiger partial charge in [0.05, 0.1) is 30.4 Å². The first-order chi connectivity index (χ1) is 21.9. The number of carbonyl (C=O) groups excluding carboxylic acids is 1. The number of hydrogen-bond acceptors (Lipinski definition) is 7. The molecule has 0 fully saturated rings. The molecule has 1 aromatic heterocycles. The van der Waals surface area contributed by atoms with E-state index in [4.69, 9.17) is 21.4 Å². The average Bonchev–Trinajstić information content (AvgIpc) is 3.07. The maximum Gasteiger partial charge on any atom is 0.253 e. The van der Waals surface area contributed by atoms with Crippen LogP contribution in [0.3, 0.4) is 0 Å². The highest BCUT2D eigenvalue weighted by Gasteiger charge is 2.23. The predicted octanol–water partition coefficient (Wildman–Crippen LogP) is 5.54. The summed E-state index contributed by atoms with van der Waals surface area (Å²) >= 11 is 6.18. The number of amides is 1. The van der Waals surface area contributed by atoms with E-state index >= 15 is 0 Å². The van der Waals surface area contributed by atoms with Gasteiger partial charge in [-0.3, -0.25) is 14.7 Å². The number of pyridine rings is 1. The second-order valence-electron chi connectivity index (χ2n) is 10.8. The lowest BCUT2D eigenvalue weighted by molar-refractivity contribution is 0.0566. The summed E-state index contributed by atoms with van der Waals surface area (Å²) in [5, 5.41) is 34.6. The minimum atomic E-state index is -0.784. The quantitative estimate of drug-likeness (QED) is 0.128. The van der Waals surface area contributed by atoms with Gasteiger partial charge in [0.25, 0.3) is 5.91 Å². The van der Waals surface area contributed by atoms with E-state index in [0.29, 0.717) is 52.5 Å². The molecule has 0 aliphatic carbocycles. The third-order valence-corrected chi connectivity index (χ3v) is 7.83. The highest BCUT2D eigenvalue weighted by molar-refractivity contribution is 6.30. The Balaban J connectivity index is 1.32. The molecule has 8 nitrogen and oxygen atoms in total. The minimum Gasteiger partial charge on any atom is -0.457 e. The number of halogens is 1. The Morgan fingerprint density at radius 2 is 1.69 bits per heavy atom. The molecule has 4 N–H and O–H groups in total. The number of rotatable bonds is 14. The predicted molar refractivity (Wildman–Crippen MR) is 176 cm³/mol. The molecular formula is C36H36ClN3O5. The first-order valence-electron chi connectivity index (χ1n) is 14.8. The number of ether oxygens (including phenoxy) is 1. The van der Waals surface area contributed by atoms with E-state index in [1.165, 1.54) is 0 Å². The molecule has 5 aromatic rings. The van der Waals surface area contributed by atoms with Gasteiger partial charge in [0, 0.05) is 42.3 Å². The van der Waals surface area contributed by atoms with Crippen molar-refractivity contribution in [1.29, 1.82) is 0 Å². The van der Waals surface area contributed by atoms with Crippen LogP contribution < -0.4 is 10.1 Å². The lowest BCUT2D eigenvalue weighted by Crippen LogP contribution is -2.41. The number of nitrogens with one attached hydrogen (secondary N) is 1. The van der Waals surface area contributed by atoms with Crippen LogP contribution in [0.5, 0.6) is 11.5 Å². The second-order valence-corrected chi connectivity index (χ2v) is 11.2. The van der Waals surface area contributed by atoms with Crippen molar-refractivity contribution >= 4 is 28.4 Å². The van der Waals surface area contributed by atoms with E-state index in [0.717, 1.165) is 16.7 Å². The van der Waals surface area contributed by atoms with E-state index in [2.05, 4.69) is 15.2 Å². The van der Waals surface area contributed by atoms with Crippen molar-refractivity contribution in [3.8, 4) is 11.5 Å². The third kappa shape index (κ3) is 8.45. The molecule has 1 heterocycles. The van der Waals surface area contributed by atoms with Crippen LogP contribution in [0.2, 0.25) is 5.02 Å². The molecule has 4 aromatic carbocycles. The van der Waals surface area contributed by atoms with Crippen LogP contribution in [0.4, 0.5) is 0 Å². The standard InChI is InChI=1S/C36H36ClN3O5/c37-28-9-4-8-27(21-28)33(43)23-40(22-26-6-2-1-3-7-26)29(24-42)20-25-12-14-30(15-13-25)45-34-16-17-38-35-31(34)10-5-11-32(35)36(44)39-18-19-41/h1-17,21,29,33,41-43H,18-20,22-24H2,(H,39,44)/t29-,33+/m0/s1. The number of fused-ring (bicyclic) bond motifs is 1. The molecular weight excluding hydrogens is 590 g/mol. The molecule has 0 radical (unpaired) electrons. The number of aromatic nitrogens is 1. The summed E-state index contributed by atoms with van der Waals surface area (Å²) in [4.78, 5) is 19.1. The van der Waals surface area contributed by atoms with Gasteiger partial charge in [-0.1, -0.05) is 72.3 Å². The highest BCUT2D eigenvalue weighted by atomic mass is 35.5. The molecule has 0 aliphatic rings. The zero-order valence-corrected chi connectivity index (χ0v) is 25.5. The Kier molecular flexibility index (Phi) is 11.1. The topological polar surface area (TPSA) is 115 Å². The van der Waals surface area contributed by atoms with Crippen LogP contribution in [0, 0.1) is 0 Å². The van der Waals surface area contributed by atoms with Gasteiger partial charge in [0.1, 0.15) is 11.5 Å². The molecule has 0 unspecified atom stereocenters. The number of hydrogen-bond donors (Lipinski definition) is 4. The summed E-state index contributed by atoms with van der Waals surface area (Å²) in [5.74, 6) is 0.852. The Bertz CT molecular complexity index is 1700. The number of aliphatic hydroxyl groups is 3. The smallest absolute Gasteiger partial charge is 0.253 e. The lowest BCUT2D eigenvalue weighted by atomic mass is 10.0. The van der Waals surface area contributed by atoms with E-state index in [-0.39, 0.29) is 31.7 Å². The molecule has 0 bridgehead atoms. The van der Waals surface area contributed by atoms with Crippen LogP contribution in [0.15, 0.2) is 109 Å². The summed E-state index contributed by atoms with van der Waals surface area (Å²) in [6.07, 6.45) is 1.37. The fourth-order valence-electron chi connectivity index (χ4n) is 5.29. The monoisotopic (exact) mass is 625 g/mol. The maximum absolute atomic E-state index is 12.6. The number of benzene rings is 4. The van der Waals surface area contributed by atoms with Crippen molar-refractivity contribution in [1.82, 2.24) is 15.2 Å². The summed E-state index contributed by atoms with van der Waals surface area (Å²) in [5.41, 5.74) is 3.71. The van der Waals surface area contributed by atoms with Crippen LogP contribution in [-0.4, -0.2) is 63.5 Å². The normalized spacial score (nSPS) is 12.6. The van der Waals surface area contributed by atoms with Gasteiger partial charge in [-0.2, -0.15) is 0 Å². The van der Waals surface area contributed by atoms with Gasteiger partial charge in [0.15, 0.2) is 0 Å². The third-order valence-electron chi connectivity index (χ3n) is 7.59. The fourth-order valence-corrected chi connectivity index (χ4v) is 5.49. The molecule has 9 heteroatoms. The maximum atomic E-state index is 12.6. The highest BCUT2D eigenvalue weighted by Crippen LogP contribution is 2.31. The van der Waals surface area contributed by atoms with Gasteiger partial charge in [-0.15, -0.1) is 0 Å². The largest absolute Gasteiger partial charge is 0.457 e. The molecule has 2 atom stereocenters. The minimum absolute atomic E-state index is 0.0927. The van der Waals surface area contributed by atoms with Crippen molar-refractivity contribution in [2.45, 2.75) is 25.1 Å². The summed E-state index contributed by atoms with van der Waals surface area (Å²) < 4.78 is 6.22. The van der Waals surface area contributed by atoms with E-state index in [1.807, 2.05) is 72.8 Å². The van der Waals surface area contributed by atoms with Crippen molar-refractivity contribution in [2.24, 2.45) is 0 Å². The number of para-hydroxylation sites is 1. The average molecular weight is 626 g/mol. The SMILES string of the molecule is O=C(NCCO)c1cccc2c(Oc3ccc(C[C@@H](CO)N(Cc4ccccc4)C[C@@H](O)c4cccc(Cl)c4)cc3)ccnc12. The molecule has 0 saturated carbocycles. The second kappa shape index (κ2) is 15.6. The lowest BCUT2D eigenvalue weighted by Gasteiger charge is -2.32. The zero-order valence-electron chi connectivity index (χ0n) is 24.7. The number of nitrogens with zero attached hydrogens (tertiary/aromatic N) is 2. The first kappa shape index (κ1) is 32.1. The van der Waals surface area contributed by atoms with E-state index < -0.39 is 6.10 Å². The molecule has 0 aliphatic heterocycles. The van der Waals surface area contributed by atoms with Gasteiger partial charge in [0.2, 0.25) is 0 Å². The Labute approximate surface area is 267 Å². The van der Waals surface area contributed by atoms with Gasteiger partial charge < -0.3 is 25.4 Å². The fraction of sp³-hybridized carbons (Fsp3) is 0.222. The molecule has 5 rings (SSSR count). The van der Waals surface area contributed by atoms with E-state index in [9.17, 15) is 15.0 Å². The van der Waals surface area contributed by atoms with Crippen molar-refractivity contribution in [3.05, 3.63) is 137 Å². The molecule has 0 spiro atoms. The van der Waals surface area contributed by atoms with Crippen molar-refractivity contribution in [2.75, 3.05) is 26.3 Å². The van der Waals surface area contributed by atoms with Crippen LogP contribution in [0.25, 0.3) is 10.9 Å². The summed E-state index contributed by atoms with van der Waals surface area (Å²) in [7, 11) is 0. The van der Waals surface area contributed by atoms with Crippen LogP contribution in [-0.2, 0) is 13.0 Å². The molecule has 45 heavy (non-hydrogen) atoms. The van der Waals surface area contributed by atoms with Crippen LogP contribution in [0.1, 0.15) is 33.2 Å². The van der Waals surface area contributed by atoms with Crippen molar-refractivity contribution in [3.63, 3.8) is 0 Å². The molecule has 0 saturated heterocycles. The Morgan fingerprint density at radius 3 is 2.42 bits per heavy atom. The van der Waals surface area contributed by atoms with Gasteiger partial charge in [-0.05, 0) is 65.6 Å². The molecule has 1 amide bonds. The Morgan fingerprint density at radius 1 is 0.911 bits per heavy atom. The zero-order chi connectivity index (χ0) is 31.6. The molecule has 232 valence electrons. The summed E-state index contributed by atoms with van der Waals surface area (Å²) in [6.45, 7) is 0.784. The van der Waals surface area contributed by atoms with Gasteiger partial charge in [-0.25, -0.2) is 0 Å².